The predicted molar refractivity (Wildman–Crippen MR) is 72.7 cm³/mol. The monoisotopic (exact) mass is 271 g/mol. The smallest absolute Gasteiger partial charge is 0.364 e. The van der Waals surface area contributed by atoms with E-state index in [4.69, 9.17) is 4.42 Å². The van der Waals surface area contributed by atoms with Crippen LogP contribution in [0.1, 0.15) is 0 Å². The van der Waals surface area contributed by atoms with Gasteiger partial charge in [-0.15, -0.1) is 0 Å². The van der Waals surface area contributed by atoms with Gasteiger partial charge >= 0.3 is 11.3 Å². The lowest BCUT2D eigenvalue weighted by molar-refractivity contribution is 0.368. The molecule has 1 heterocycles. The molecule has 0 aliphatic carbocycles. The first-order valence-corrected chi connectivity index (χ1v) is 5.86. The molecule has 5 nitrogen and oxygen atoms in total. The van der Waals surface area contributed by atoms with E-state index in [9.17, 15) is 20.4 Å². The van der Waals surface area contributed by atoms with Gasteiger partial charge in [0.25, 0.3) is 0 Å². The van der Waals surface area contributed by atoms with E-state index in [1.807, 2.05) is 0 Å². The fraction of sp³-hybridized carbons (Fsp3) is 0. The Kier molecular flexibility index (Phi) is 2.61. The average molecular weight is 271 g/mol. The summed E-state index contributed by atoms with van der Waals surface area (Å²) < 4.78 is 5.61. The zero-order valence-electron chi connectivity index (χ0n) is 10.2. The minimum atomic E-state index is -0.577. The van der Waals surface area contributed by atoms with Gasteiger partial charge in [0.1, 0.15) is 5.75 Å². The summed E-state index contributed by atoms with van der Waals surface area (Å²) in [5.41, 5.74) is 0.873. The Labute approximate surface area is 113 Å². The summed E-state index contributed by atoms with van der Waals surface area (Å²) in [7, 11) is 0. The van der Waals surface area contributed by atoms with Crippen molar-refractivity contribution in [2.24, 2.45) is 0 Å². The summed E-state index contributed by atoms with van der Waals surface area (Å²) in [6.45, 7) is 0. The largest absolute Gasteiger partial charge is 0.508 e. The number of phenols is 4. The number of aromatic hydroxyl groups is 4. The van der Waals surface area contributed by atoms with Crippen LogP contribution in [-0.2, 0) is 0 Å². The molecule has 0 unspecified atom stereocenters. The molecular weight excluding hydrogens is 260 g/mol. The Morgan fingerprint density at radius 3 is 2.10 bits per heavy atom. The molecule has 3 aromatic rings. The van der Waals surface area contributed by atoms with Gasteiger partial charge in [0, 0.05) is 18.2 Å². The van der Waals surface area contributed by atoms with Crippen LogP contribution in [0.4, 0.5) is 0 Å². The minimum absolute atomic E-state index is 0.0785. The highest BCUT2D eigenvalue weighted by molar-refractivity contribution is 5.80. The average Bonchev–Trinajstić information content (AvgIpc) is 2.43. The molecule has 100 valence electrons. The van der Waals surface area contributed by atoms with E-state index in [1.54, 1.807) is 24.3 Å². The fourth-order valence-corrected chi connectivity index (χ4v) is 1.97. The Morgan fingerprint density at radius 2 is 1.40 bits per heavy atom. The van der Waals surface area contributed by atoms with E-state index in [-0.39, 0.29) is 5.75 Å². The van der Waals surface area contributed by atoms with Gasteiger partial charge in [-0.2, -0.15) is 0 Å². The van der Waals surface area contributed by atoms with Crippen LogP contribution in [-0.4, -0.2) is 20.4 Å². The summed E-state index contributed by atoms with van der Waals surface area (Å²) in [6.07, 6.45) is 0. The van der Waals surface area contributed by atoms with Crippen LogP contribution >= 0.6 is 0 Å². The fourth-order valence-electron chi connectivity index (χ4n) is 1.97. The maximum atomic E-state index is 9.51. The zero-order chi connectivity index (χ0) is 14.3. The molecule has 0 aliphatic rings. The number of rotatable bonds is 1. The van der Waals surface area contributed by atoms with Crippen LogP contribution < -0.4 is 0 Å². The summed E-state index contributed by atoms with van der Waals surface area (Å²) in [4.78, 5) is 0. The molecule has 0 fully saturated rings. The second-order valence-electron chi connectivity index (χ2n) is 4.38. The molecule has 1 aromatic heterocycles. The lowest BCUT2D eigenvalue weighted by Gasteiger charge is -2.01. The molecule has 2 aromatic carbocycles. The van der Waals surface area contributed by atoms with Gasteiger partial charge in [-0.1, -0.05) is 0 Å². The molecule has 4 N–H and O–H groups in total. The lowest BCUT2D eigenvalue weighted by atomic mass is 10.1. The van der Waals surface area contributed by atoms with E-state index >= 15 is 0 Å². The normalized spacial score (nSPS) is 10.8. The van der Waals surface area contributed by atoms with Crippen molar-refractivity contribution in [1.82, 2.24) is 0 Å². The van der Waals surface area contributed by atoms with E-state index in [0.717, 1.165) is 5.39 Å². The molecule has 0 atom stereocenters. The van der Waals surface area contributed by atoms with Crippen molar-refractivity contribution in [1.29, 1.82) is 0 Å². The number of benzene rings is 2. The number of fused-ring (bicyclic) bond motifs is 1. The summed E-state index contributed by atoms with van der Waals surface area (Å²) in [6, 6.07) is 10.8. The van der Waals surface area contributed by atoms with Gasteiger partial charge in [-0.3, -0.25) is 0 Å². The maximum absolute atomic E-state index is 9.51. The quantitative estimate of drug-likeness (QED) is 0.403. The Bertz CT molecular complexity index is 787. The van der Waals surface area contributed by atoms with Crippen LogP contribution in [0.3, 0.4) is 0 Å². The van der Waals surface area contributed by atoms with Crippen LogP contribution in [0.2, 0.25) is 0 Å². The third-order valence-corrected chi connectivity index (χ3v) is 2.99. The van der Waals surface area contributed by atoms with E-state index < -0.39 is 17.2 Å². The first-order valence-electron chi connectivity index (χ1n) is 5.86. The Morgan fingerprint density at radius 1 is 0.750 bits per heavy atom. The van der Waals surface area contributed by atoms with Gasteiger partial charge in [0.05, 0.1) is 17.0 Å². The topological polar surface area (TPSA) is 92.2 Å². The van der Waals surface area contributed by atoms with Crippen molar-refractivity contribution in [3.63, 3.8) is 0 Å². The first-order chi connectivity index (χ1) is 9.54. The highest BCUT2D eigenvalue weighted by Crippen LogP contribution is 2.39. The highest BCUT2D eigenvalue weighted by atomic mass is 16.3. The van der Waals surface area contributed by atoms with Gasteiger partial charge in [0.15, 0.2) is 17.2 Å². The lowest BCUT2D eigenvalue weighted by Crippen LogP contribution is -1.81. The van der Waals surface area contributed by atoms with Gasteiger partial charge in [0.2, 0.25) is 0 Å². The molecule has 0 spiro atoms. The number of phenolic OH excluding ortho intramolecular Hbond substituents is 4. The van der Waals surface area contributed by atoms with Crippen LogP contribution in [0.15, 0.2) is 46.9 Å². The van der Waals surface area contributed by atoms with E-state index in [2.05, 4.69) is 0 Å². The van der Waals surface area contributed by atoms with Crippen molar-refractivity contribution >= 4 is 11.0 Å². The van der Waals surface area contributed by atoms with Crippen molar-refractivity contribution in [2.75, 3.05) is 0 Å². The van der Waals surface area contributed by atoms with Gasteiger partial charge < -0.3 is 20.4 Å². The number of hydrogen-bond donors (Lipinski definition) is 4. The molecule has 0 saturated carbocycles. The van der Waals surface area contributed by atoms with Crippen LogP contribution in [0.5, 0.6) is 23.0 Å². The van der Waals surface area contributed by atoms with Crippen LogP contribution in [0.25, 0.3) is 22.3 Å². The summed E-state index contributed by atoms with van der Waals surface area (Å²) >= 11 is 0. The molecule has 0 amide bonds. The zero-order valence-corrected chi connectivity index (χ0v) is 10.2. The minimum Gasteiger partial charge on any atom is -0.508 e. The molecule has 3 rings (SSSR count). The van der Waals surface area contributed by atoms with Crippen molar-refractivity contribution in [2.45, 2.75) is 0 Å². The molecule has 5 heteroatoms. The Balaban J connectivity index is 2.19. The molecule has 0 saturated heterocycles. The highest BCUT2D eigenvalue weighted by Gasteiger charge is 2.18. The first kappa shape index (κ1) is 12.1. The molecule has 0 radical (unpaired) electrons. The van der Waals surface area contributed by atoms with Crippen molar-refractivity contribution in [3.05, 3.63) is 42.5 Å². The summed E-state index contributed by atoms with van der Waals surface area (Å²) in [5.74, 6) is -0.993. The second-order valence-corrected chi connectivity index (χ2v) is 4.38. The SMILES string of the molecule is Oc1ccc2ccc(-c3cc(O)c(O)c(O)c3)[o+]c2c1. The molecular formula is C15H11O5+. The standard InChI is InChI=1S/C15H10O5/c16-10-3-1-8-2-4-13(20-14(8)7-10)9-5-11(17)15(19)12(18)6-9/h1-7H,(H3-,16,17,18,19)/p+1. The predicted octanol–water partition coefficient (Wildman–Crippen LogP) is 3.20. The van der Waals surface area contributed by atoms with Gasteiger partial charge in [-0.25, -0.2) is 4.42 Å². The second kappa shape index (κ2) is 4.31. The Hall–Kier alpha value is -2.95. The molecule has 0 bridgehead atoms. The van der Waals surface area contributed by atoms with Crippen LogP contribution in [0, 0.1) is 0 Å². The third kappa shape index (κ3) is 1.95. The third-order valence-electron chi connectivity index (χ3n) is 2.99. The van der Waals surface area contributed by atoms with E-state index in [1.165, 1.54) is 18.2 Å². The molecule has 0 aliphatic heterocycles. The van der Waals surface area contributed by atoms with Crippen molar-refractivity contribution in [3.8, 4) is 34.3 Å². The summed E-state index contributed by atoms with van der Waals surface area (Å²) in [5, 5.41) is 38.6. The number of hydrogen-bond acceptors (Lipinski definition) is 4. The maximum Gasteiger partial charge on any atom is 0.364 e. The van der Waals surface area contributed by atoms with E-state index in [0.29, 0.717) is 16.9 Å². The van der Waals surface area contributed by atoms with Crippen molar-refractivity contribution < 1.29 is 24.8 Å². The molecule has 20 heavy (non-hydrogen) atoms. The van der Waals surface area contributed by atoms with Gasteiger partial charge in [-0.05, 0) is 18.2 Å².